The van der Waals surface area contributed by atoms with E-state index < -0.39 is 0 Å². The molecule has 19 heavy (non-hydrogen) atoms. The lowest BCUT2D eigenvalue weighted by atomic mass is 9.56. The maximum atomic E-state index is 6.00. The molecule has 2 fully saturated rings. The first kappa shape index (κ1) is 13.4. The first-order valence-electron chi connectivity index (χ1n) is 7.14. The normalized spacial score (nSPS) is 22.2. The fourth-order valence-corrected chi connectivity index (χ4v) is 3.78. The molecule has 1 aromatic rings. The summed E-state index contributed by atoms with van der Waals surface area (Å²) in [5.74, 6) is 0. The summed E-state index contributed by atoms with van der Waals surface area (Å²) in [7, 11) is 1.75. The molecule has 0 bridgehead atoms. The molecule has 2 aliphatic rings. The molecule has 1 N–H and O–H groups in total. The first-order chi connectivity index (χ1) is 9.18. The number of ether oxygens (including phenoxy) is 1. The Kier molecular flexibility index (Phi) is 3.59. The minimum atomic E-state index is 0.328. The van der Waals surface area contributed by atoms with Crippen molar-refractivity contribution in [2.45, 2.75) is 31.1 Å². The zero-order valence-electron chi connectivity index (χ0n) is 11.5. The highest BCUT2D eigenvalue weighted by molar-refractivity contribution is 6.30. The Balaban J connectivity index is 1.68. The molecule has 3 rings (SSSR count). The third-order valence-corrected chi connectivity index (χ3v) is 5.04. The van der Waals surface area contributed by atoms with E-state index in [9.17, 15) is 0 Å². The Morgan fingerprint density at radius 2 is 1.89 bits per heavy atom. The fourth-order valence-electron chi connectivity index (χ4n) is 3.65. The van der Waals surface area contributed by atoms with Gasteiger partial charge in [0.15, 0.2) is 0 Å². The van der Waals surface area contributed by atoms with Gasteiger partial charge >= 0.3 is 0 Å². The van der Waals surface area contributed by atoms with Gasteiger partial charge in [0.1, 0.15) is 0 Å². The van der Waals surface area contributed by atoms with E-state index >= 15 is 0 Å². The number of hydrogen-bond acceptors (Lipinski definition) is 2. The van der Waals surface area contributed by atoms with Crippen molar-refractivity contribution >= 4 is 11.6 Å². The summed E-state index contributed by atoms with van der Waals surface area (Å²) in [6.45, 7) is 2.76. The summed E-state index contributed by atoms with van der Waals surface area (Å²) in [6.07, 6.45) is 5.53. The minimum absolute atomic E-state index is 0.328. The van der Waals surface area contributed by atoms with E-state index in [0.717, 1.165) is 24.7 Å². The highest BCUT2D eigenvalue weighted by atomic mass is 35.5. The van der Waals surface area contributed by atoms with Crippen LogP contribution in [0.25, 0.3) is 0 Å². The van der Waals surface area contributed by atoms with Crippen molar-refractivity contribution in [3.05, 3.63) is 34.9 Å². The molecule has 0 aliphatic heterocycles. The predicted molar refractivity (Wildman–Crippen MR) is 78.8 cm³/mol. The van der Waals surface area contributed by atoms with Gasteiger partial charge in [-0.3, -0.25) is 0 Å². The van der Waals surface area contributed by atoms with Gasteiger partial charge in [-0.05, 0) is 48.8 Å². The van der Waals surface area contributed by atoms with Crippen LogP contribution in [0.1, 0.15) is 31.2 Å². The van der Waals surface area contributed by atoms with E-state index in [-0.39, 0.29) is 0 Å². The van der Waals surface area contributed by atoms with E-state index in [1.807, 2.05) is 12.1 Å². The third kappa shape index (κ3) is 2.67. The Hall–Kier alpha value is -0.570. The van der Waals surface area contributed by atoms with Crippen molar-refractivity contribution < 1.29 is 4.74 Å². The van der Waals surface area contributed by atoms with Crippen LogP contribution in [0.2, 0.25) is 5.02 Å². The molecule has 0 aromatic heterocycles. The van der Waals surface area contributed by atoms with Crippen molar-refractivity contribution in [1.82, 2.24) is 5.32 Å². The summed E-state index contributed by atoms with van der Waals surface area (Å²) < 4.78 is 5.10. The molecular formula is C16H22ClNO. The number of halogens is 1. The SMILES string of the molecule is COCCNCC1(c2ccc(Cl)cc2)CC2(CC2)C1. The highest BCUT2D eigenvalue weighted by Crippen LogP contribution is 2.68. The van der Waals surface area contributed by atoms with Crippen LogP contribution >= 0.6 is 11.6 Å². The molecule has 0 heterocycles. The van der Waals surface area contributed by atoms with Gasteiger partial charge in [-0.1, -0.05) is 23.7 Å². The van der Waals surface area contributed by atoms with Crippen LogP contribution in [0.5, 0.6) is 0 Å². The Bertz CT molecular complexity index is 431. The van der Waals surface area contributed by atoms with Crippen LogP contribution in [0.4, 0.5) is 0 Å². The van der Waals surface area contributed by atoms with Crippen LogP contribution in [0.15, 0.2) is 24.3 Å². The van der Waals surface area contributed by atoms with Crippen LogP contribution in [0.3, 0.4) is 0 Å². The lowest BCUT2D eigenvalue weighted by Gasteiger charge is -2.49. The van der Waals surface area contributed by atoms with E-state index in [1.165, 1.54) is 31.2 Å². The second-order valence-electron chi connectivity index (χ2n) is 6.31. The van der Waals surface area contributed by atoms with Crippen LogP contribution in [-0.2, 0) is 10.2 Å². The van der Waals surface area contributed by atoms with Crippen LogP contribution < -0.4 is 5.32 Å². The molecule has 104 valence electrons. The zero-order chi connectivity index (χ0) is 13.3. The molecule has 0 atom stereocenters. The smallest absolute Gasteiger partial charge is 0.0587 e. The average molecular weight is 280 g/mol. The molecule has 0 unspecified atom stereocenters. The van der Waals surface area contributed by atoms with Crippen LogP contribution in [0, 0.1) is 5.41 Å². The maximum absolute atomic E-state index is 6.00. The van der Waals surface area contributed by atoms with Crippen molar-refractivity contribution in [3.8, 4) is 0 Å². The monoisotopic (exact) mass is 279 g/mol. The largest absolute Gasteiger partial charge is 0.383 e. The summed E-state index contributed by atoms with van der Waals surface area (Å²) in [5, 5.41) is 4.38. The van der Waals surface area contributed by atoms with Crippen molar-refractivity contribution in [2.24, 2.45) is 5.41 Å². The summed E-state index contributed by atoms with van der Waals surface area (Å²) >= 11 is 6.00. The number of rotatable bonds is 6. The van der Waals surface area contributed by atoms with Gasteiger partial charge in [0.2, 0.25) is 0 Å². The van der Waals surface area contributed by atoms with Crippen LogP contribution in [-0.4, -0.2) is 26.8 Å². The quantitative estimate of drug-likeness (QED) is 0.806. The summed E-state index contributed by atoms with van der Waals surface area (Å²) in [5.41, 5.74) is 2.47. The Morgan fingerprint density at radius 1 is 1.21 bits per heavy atom. The van der Waals surface area contributed by atoms with Gasteiger partial charge < -0.3 is 10.1 Å². The highest BCUT2D eigenvalue weighted by Gasteiger charge is 2.60. The molecular weight excluding hydrogens is 258 g/mol. The maximum Gasteiger partial charge on any atom is 0.0587 e. The lowest BCUT2D eigenvalue weighted by molar-refractivity contribution is 0.112. The van der Waals surface area contributed by atoms with E-state index in [4.69, 9.17) is 16.3 Å². The van der Waals surface area contributed by atoms with Gasteiger partial charge in [0.05, 0.1) is 6.61 Å². The standard InChI is InChI=1S/C16H22ClNO/c1-19-9-8-18-12-16(10-15(11-16)6-7-15)13-2-4-14(17)5-3-13/h2-5,18H,6-12H2,1H3. The van der Waals surface area contributed by atoms with E-state index in [0.29, 0.717) is 10.8 Å². The molecule has 0 radical (unpaired) electrons. The molecule has 0 amide bonds. The van der Waals surface area contributed by atoms with Gasteiger partial charge in [-0.2, -0.15) is 0 Å². The topological polar surface area (TPSA) is 21.3 Å². The van der Waals surface area contributed by atoms with Gasteiger partial charge in [-0.25, -0.2) is 0 Å². The average Bonchev–Trinajstić information content (AvgIpc) is 3.14. The molecule has 0 saturated heterocycles. The van der Waals surface area contributed by atoms with Crippen molar-refractivity contribution in [2.75, 3.05) is 26.8 Å². The number of methoxy groups -OCH3 is 1. The number of benzene rings is 1. The van der Waals surface area contributed by atoms with Crippen molar-refractivity contribution in [1.29, 1.82) is 0 Å². The molecule has 3 heteroatoms. The molecule has 2 nitrogen and oxygen atoms in total. The summed E-state index contributed by atoms with van der Waals surface area (Å²) in [4.78, 5) is 0. The Labute approximate surface area is 120 Å². The molecule has 1 aromatic carbocycles. The zero-order valence-corrected chi connectivity index (χ0v) is 12.3. The molecule has 2 saturated carbocycles. The van der Waals surface area contributed by atoms with Gasteiger partial charge in [0, 0.05) is 30.6 Å². The second kappa shape index (κ2) is 5.08. The second-order valence-corrected chi connectivity index (χ2v) is 6.75. The number of hydrogen-bond donors (Lipinski definition) is 1. The molecule has 2 aliphatic carbocycles. The predicted octanol–water partition coefficient (Wildman–Crippen LogP) is 3.39. The van der Waals surface area contributed by atoms with E-state index in [1.54, 1.807) is 7.11 Å². The third-order valence-electron chi connectivity index (χ3n) is 4.79. The number of nitrogens with one attached hydrogen (secondary N) is 1. The lowest BCUT2D eigenvalue weighted by Crippen LogP contribution is -2.50. The van der Waals surface area contributed by atoms with E-state index in [2.05, 4.69) is 17.4 Å². The first-order valence-corrected chi connectivity index (χ1v) is 7.52. The minimum Gasteiger partial charge on any atom is -0.383 e. The van der Waals surface area contributed by atoms with Gasteiger partial charge in [-0.15, -0.1) is 0 Å². The van der Waals surface area contributed by atoms with Gasteiger partial charge in [0.25, 0.3) is 0 Å². The molecule has 1 spiro atoms. The summed E-state index contributed by atoms with van der Waals surface area (Å²) in [6, 6.07) is 8.45. The Morgan fingerprint density at radius 3 is 2.47 bits per heavy atom. The fraction of sp³-hybridized carbons (Fsp3) is 0.625. The van der Waals surface area contributed by atoms with Crippen molar-refractivity contribution in [3.63, 3.8) is 0 Å².